The second kappa shape index (κ2) is 8.19. The van der Waals surface area contributed by atoms with Gasteiger partial charge in [-0.15, -0.1) is 6.42 Å². The molecule has 2 rings (SSSR count). The fraction of sp³-hybridized carbons (Fsp3) is 0.556. The summed E-state index contributed by atoms with van der Waals surface area (Å²) in [6, 6.07) is 8.02. The third-order valence-corrected chi connectivity index (χ3v) is 4.02. The third kappa shape index (κ3) is 4.74. The van der Waals surface area contributed by atoms with Crippen molar-refractivity contribution in [2.75, 3.05) is 39.5 Å². The Kier molecular flexibility index (Phi) is 6.26. The average molecular weight is 302 g/mol. The Labute approximate surface area is 133 Å². The van der Waals surface area contributed by atoms with Gasteiger partial charge in [0, 0.05) is 37.3 Å². The summed E-state index contributed by atoms with van der Waals surface area (Å²) in [5.41, 5.74) is 1.24. The van der Waals surface area contributed by atoms with E-state index < -0.39 is 0 Å². The molecule has 1 heterocycles. The monoisotopic (exact) mass is 302 g/mol. The van der Waals surface area contributed by atoms with E-state index in [4.69, 9.17) is 15.9 Å². The lowest BCUT2D eigenvalue weighted by Gasteiger charge is -2.41. The standard InChI is InChI=1S/C18H26N2O2/c1-4-11-22-17-8-6-5-7-16(17)14-19-15-18(2,3)20-9-12-21-13-10-20/h1,5-8,19H,9-15H2,2-3H3. The molecule has 1 aromatic rings. The highest BCUT2D eigenvalue weighted by Gasteiger charge is 2.27. The molecule has 0 bridgehead atoms. The van der Waals surface area contributed by atoms with E-state index in [1.807, 2.05) is 18.2 Å². The minimum atomic E-state index is 0.110. The molecular weight excluding hydrogens is 276 g/mol. The number of ether oxygens (including phenoxy) is 2. The van der Waals surface area contributed by atoms with Crippen LogP contribution in [0, 0.1) is 12.3 Å². The van der Waals surface area contributed by atoms with Crippen LogP contribution in [0.15, 0.2) is 24.3 Å². The zero-order valence-corrected chi connectivity index (χ0v) is 13.6. The first kappa shape index (κ1) is 16.8. The molecule has 1 aliphatic rings. The van der Waals surface area contributed by atoms with Crippen molar-refractivity contribution < 1.29 is 9.47 Å². The lowest BCUT2D eigenvalue weighted by molar-refractivity contribution is -0.00967. The summed E-state index contributed by atoms with van der Waals surface area (Å²) in [4.78, 5) is 2.48. The van der Waals surface area contributed by atoms with Gasteiger partial charge in [0.1, 0.15) is 12.4 Å². The molecular formula is C18H26N2O2. The largest absolute Gasteiger partial charge is 0.481 e. The van der Waals surface area contributed by atoms with E-state index in [2.05, 4.69) is 36.1 Å². The fourth-order valence-corrected chi connectivity index (χ4v) is 2.69. The maximum absolute atomic E-state index is 5.58. The Bertz CT molecular complexity index is 502. The Hall–Kier alpha value is -1.54. The van der Waals surface area contributed by atoms with Gasteiger partial charge in [0.05, 0.1) is 13.2 Å². The van der Waals surface area contributed by atoms with Crippen LogP contribution in [-0.2, 0) is 11.3 Å². The van der Waals surface area contributed by atoms with Crippen LogP contribution in [0.3, 0.4) is 0 Å². The molecule has 0 saturated carbocycles. The number of terminal acetylenes is 1. The minimum absolute atomic E-state index is 0.110. The summed E-state index contributed by atoms with van der Waals surface area (Å²) in [6.07, 6.45) is 5.26. The number of hydrogen-bond donors (Lipinski definition) is 1. The van der Waals surface area contributed by atoms with Crippen molar-refractivity contribution in [1.82, 2.24) is 10.2 Å². The molecule has 0 radical (unpaired) electrons. The fourth-order valence-electron chi connectivity index (χ4n) is 2.69. The van der Waals surface area contributed by atoms with E-state index in [0.717, 1.165) is 50.7 Å². The van der Waals surface area contributed by atoms with E-state index in [-0.39, 0.29) is 5.54 Å². The lowest BCUT2D eigenvalue weighted by atomic mass is 10.0. The zero-order chi connectivity index (χ0) is 15.8. The molecule has 0 amide bonds. The van der Waals surface area contributed by atoms with Crippen molar-refractivity contribution in [2.45, 2.75) is 25.9 Å². The summed E-state index contributed by atoms with van der Waals surface area (Å²) in [7, 11) is 0. The Balaban J connectivity index is 1.86. The van der Waals surface area contributed by atoms with E-state index in [1.165, 1.54) is 0 Å². The topological polar surface area (TPSA) is 33.7 Å². The zero-order valence-electron chi connectivity index (χ0n) is 13.6. The highest BCUT2D eigenvalue weighted by atomic mass is 16.5. The van der Waals surface area contributed by atoms with Gasteiger partial charge in [-0.1, -0.05) is 24.1 Å². The van der Waals surface area contributed by atoms with Gasteiger partial charge in [-0.05, 0) is 19.9 Å². The van der Waals surface area contributed by atoms with Crippen LogP contribution >= 0.6 is 0 Å². The van der Waals surface area contributed by atoms with E-state index >= 15 is 0 Å². The van der Waals surface area contributed by atoms with Crippen molar-refractivity contribution in [1.29, 1.82) is 0 Å². The Morgan fingerprint density at radius 3 is 2.77 bits per heavy atom. The van der Waals surface area contributed by atoms with Gasteiger partial charge < -0.3 is 14.8 Å². The second-order valence-electron chi connectivity index (χ2n) is 6.12. The lowest BCUT2D eigenvalue weighted by Crippen LogP contribution is -2.54. The van der Waals surface area contributed by atoms with Crippen LogP contribution in [0.5, 0.6) is 5.75 Å². The third-order valence-electron chi connectivity index (χ3n) is 4.02. The number of nitrogens with one attached hydrogen (secondary N) is 1. The van der Waals surface area contributed by atoms with E-state index in [9.17, 15) is 0 Å². The Morgan fingerprint density at radius 2 is 2.05 bits per heavy atom. The molecule has 0 aromatic heterocycles. The van der Waals surface area contributed by atoms with Crippen molar-refractivity contribution in [3.05, 3.63) is 29.8 Å². The molecule has 1 fully saturated rings. The van der Waals surface area contributed by atoms with Crippen LogP contribution in [-0.4, -0.2) is 49.9 Å². The molecule has 120 valence electrons. The summed E-state index contributed by atoms with van der Waals surface area (Å²) in [6.45, 7) is 10.2. The number of hydrogen-bond acceptors (Lipinski definition) is 4. The summed E-state index contributed by atoms with van der Waals surface area (Å²) in [5.74, 6) is 3.36. The van der Waals surface area contributed by atoms with Crippen molar-refractivity contribution in [3.63, 3.8) is 0 Å². The average Bonchev–Trinajstić information content (AvgIpc) is 2.54. The first-order valence-corrected chi connectivity index (χ1v) is 7.81. The summed E-state index contributed by atoms with van der Waals surface area (Å²) < 4.78 is 11.0. The van der Waals surface area contributed by atoms with Crippen LogP contribution in [0.2, 0.25) is 0 Å². The van der Waals surface area contributed by atoms with Crippen LogP contribution in [0.25, 0.3) is 0 Å². The van der Waals surface area contributed by atoms with Crippen molar-refractivity contribution >= 4 is 0 Å². The van der Waals surface area contributed by atoms with Crippen LogP contribution < -0.4 is 10.1 Å². The van der Waals surface area contributed by atoms with E-state index in [0.29, 0.717) is 6.61 Å². The first-order valence-electron chi connectivity index (χ1n) is 7.81. The van der Waals surface area contributed by atoms with Crippen molar-refractivity contribution in [3.8, 4) is 18.1 Å². The molecule has 1 aromatic carbocycles. The van der Waals surface area contributed by atoms with Crippen molar-refractivity contribution in [2.24, 2.45) is 0 Å². The smallest absolute Gasteiger partial charge is 0.148 e. The van der Waals surface area contributed by atoms with Gasteiger partial charge in [-0.2, -0.15) is 0 Å². The summed E-state index contributed by atoms with van der Waals surface area (Å²) >= 11 is 0. The molecule has 4 nitrogen and oxygen atoms in total. The Morgan fingerprint density at radius 1 is 1.32 bits per heavy atom. The number of nitrogens with zero attached hydrogens (tertiary/aromatic N) is 1. The molecule has 0 aliphatic carbocycles. The second-order valence-corrected chi connectivity index (χ2v) is 6.12. The molecule has 0 spiro atoms. The molecule has 1 N–H and O–H groups in total. The van der Waals surface area contributed by atoms with Gasteiger partial charge in [-0.3, -0.25) is 4.90 Å². The van der Waals surface area contributed by atoms with Crippen LogP contribution in [0.4, 0.5) is 0 Å². The van der Waals surface area contributed by atoms with E-state index in [1.54, 1.807) is 0 Å². The number of morpholine rings is 1. The van der Waals surface area contributed by atoms with Gasteiger partial charge in [0.15, 0.2) is 0 Å². The highest BCUT2D eigenvalue weighted by Crippen LogP contribution is 2.19. The summed E-state index contributed by atoms with van der Waals surface area (Å²) in [5, 5.41) is 3.54. The highest BCUT2D eigenvalue weighted by molar-refractivity contribution is 5.33. The molecule has 0 unspecified atom stereocenters. The van der Waals surface area contributed by atoms with Gasteiger partial charge in [0.2, 0.25) is 0 Å². The molecule has 4 heteroatoms. The number of benzene rings is 1. The molecule has 1 saturated heterocycles. The van der Waals surface area contributed by atoms with Gasteiger partial charge >= 0.3 is 0 Å². The normalized spacial score (nSPS) is 16.2. The minimum Gasteiger partial charge on any atom is -0.481 e. The molecule has 22 heavy (non-hydrogen) atoms. The maximum atomic E-state index is 5.58. The maximum Gasteiger partial charge on any atom is 0.148 e. The quantitative estimate of drug-likeness (QED) is 0.780. The molecule has 1 aliphatic heterocycles. The number of para-hydroxylation sites is 1. The predicted molar refractivity (Wildman–Crippen MR) is 88.9 cm³/mol. The van der Waals surface area contributed by atoms with Crippen LogP contribution in [0.1, 0.15) is 19.4 Å². The SMILES string of the molecule is C#CCOc1ccccc1CNCC(C)(C)N1CCOCC1. The molecule has 0 atom stereocenters. The predicted octanol–water partition coefficient (Wildman–Crippen LogP) is 1.90. The first-order chi connectivity index (χ1) is 10.6. The van der Waals surface area contributed by atoms with Gasteiger partial charge in [0.25, 0.3) is 0 Å². The van der Waals surface area contributed by atoms with Gasteiger partial charge in [-0.25, -0.2) is 0 Å². The number of rotatable bonds is 7.